The second kappa shape index (κ2) is 2.07. The van der Waals surface area contributed by atoms with Gasteiger partial charge < -0.3 is 13.9 Å². The Morgan fingerprint density at radius 2 is 1.77 bits per heavy atom. The normalized spacial score (nSPS) is 11.4. The molecular formula is C10H6O3. The first-order valence-corrected chi connectivity index (χ1v) is 3.92. The number of phenols is 1. The van der Waals surface area contributed by atoms with Crippen LogP contribution in [-0.4, -0.2) is 5.11 Å². The van der Waals surface area contributed by atoms with Gasteiger partial charge >= 0.3 is 0 Å². The van der Waals surface area contributed by atoms with Crippen LogP contribution in [0.5, 0.6) is 5.75 Å². The summed E-state index contributed by atoms with van der Waals surface area (Å²) in [6.45, 7) is 0. The van der Waals surface area contributed by atoms with Crippen LogP contribution in [0, 0.1) is 0 Å². The van der Waals surface area contributed by atoms with E-state index in [2.05, 4.69) is 0 Å². The van der Waals surface area contributed by atoms with Crippen molar-refractivity contribution in [3.05, 3.63) is 30.7 Å². The lowest BCUT2D eigenvalue weighted by molar-refractivity contribution is 0.481. The van der Waals surface area contributed by atoms with Crippen LogP contribution >= 0.6 is 0 Å². The van der Waals surface area contributed by atoms with Crippen LogP contribution < -0.4 is 0 Å². The predicted molar refractivity (Wildman–Crippen MR) is 47.7 cm³/mol. The molecule has 13 heavy (non-hydrogen) atoms. The zero-order valence-electron chi connectivity index (χ0n) is 6.65. The van der Waals surface area contributed by atoms with Gasteiger partial charge in [0.25, 0.3) is 0 Å². The molecule has 1 aromatic carbocycles. The van der Waals surface area contributed by atoms with E-state index in [-0.39, 0.29) is 5.75 Å². The smallest absolute Gasteiger partial charge is 0.180 e. The Labute approximate surface area is 73.2 Å². The van der Waals surface area contributed by atoms with Crippen molar-refractivity contribution in [2.24, 2.45) is 0 Å². The zero-order chi connectivity index (χ0) is 8.84. The Hall–Kier alpha value is -1.90. The quantitative estimate of drug-likeness (QED) is 0.570. The Morgan fingerprint density at radius 1 is 1.00 bits per heavy atom. The Balaban J connectivity index is 2.70. The zero-order valence-corrected chi connectivity index (χ0v) is 6.65. The van der Waals surface area contributed by atoms with E-state index in [1.54, 1.807) is 24.5 Å². The molecule has 0 saturated carbocycles. The third-order valence-electron chi connectivity index (χ3n) is 2.14. The maximum atomic E-state index is 9.57. The summed E-state index contributed by atoms with van der Waals surface area (Å²) in [4.78, 5) is 0. The van der Waals surface area contributed by atoms with Crippen LogP contribution in [0.25, 0.3) is 21.9 Å². The minimum Gasteiger partial charge on any atom is -0.507 e. The Bertz CT molecular complexity index is 574. The molecule has 0 aliphatic heterocycles. The minimum atomic E-state index is 0.220. The van der Waals surface area contributed by atoms with Gasteiger partial charge in [-0.15, -0.1) is 0 Å². The number of hydrogen-bond donors (Lipinski definition) is 1. The molecule has 2 aromatic heterocycles. The van der Waals surface area contributed by atoms with E-state index in [1.165, 1.54) is 6.26 Å². The van der Waals surface area contributed by atoms with E-state index in [0.717, 1.165) is 5.39 Å². The summed E-state index contributed by atoms with van der Waals surface area (Å²) in [6, 6.07) is 5.17. The van der Waals surface area contributed by atoms with E-state index in [4.69, 9.17) is 8.83 Å². The van der Waals surface area contributed by atoms with Crippen molar-refractivity contribution in [3.8, 4) is 5.75 Å². The van der Waals surface area contributed by atoms with Gasteiger partial charge in [-0.2, -0.15) is 0 Å². The fourth-order valence-corrected chi connectivity index (χ4v) is 1.53. The molecule has 0 unspecified atom stereocenters. The summed E-state index contributed by atoms with van der Waals surface area (Å²) in [6.07, 6.45) is 3.11. The molecule has 0 atom stereocenters. The van der Waals surface area contributed by atoms with Crippen molar-refractivity contribution in [2.45, 2.75) is 0 Å². The molecule has 3 rings (SSSR count). The van der Waals surface area contributed by atoms with Crippen molar-refractivity contribution in [1.82, 2.24) is 0 Å². The number of aromatic hydroxyl groups is 1. The van der Waals surface area contributed by atoms with Crippen LogP contribution in [0.15, 0.2) is 39.6 Å². The molecule has 0 saturated heterocycles. The van der Waals surface area contributed by atoms with Crippen LogP contribution in [0.1, 0.15) is 0 Å². The van der Waals surface area contributed by atoms with Gasteiger partial charge in [0.1, 0.15) is 5.75 Å². The van der Waals surface area contributed by atoms with Crippen molar-refractivity contribution < 1.29 is 13.9 Å². The molecule has 64 valence electrons. The van der Waals surface area contributed by atoms with Gasteiger partial charge in [-0.3, -0.25) is 0 Å². The average Bonchev–Trinajstić information content (AvgIpc) is 2.66. The lowest BCUT2D eigenvalue weighted by Gasteiger charge is -1.94. The summed E-state index contributed by atoms with van der Waals surface area (Å²) in [7, 11) is 0. The van der Waals surface area contributed by atoms with E-state index >= 15 is 0 Å². The summed E-state index contributed by atoms with van der Waals surface area (Å²) in [5, 5.41) is 11.1. The highest BCUT2D eigenvalue weighted by Gasteiger charge is 2.10. The standard InChI is InChI=1S/C10H6O3/c11-8-5-6-1-3-12-9(6)10-7(8)2-4-13-10/h1-5,11H. The number of hydrogen-bond acceptors (Lipinski definition) is 3. The molecule has 0 radical (unpaired) electrons. The van der Waals surface area contributed by atoms with Crippen molar-refractivity contribution in [3.63, 3.8) is 0 Å². The molecule has 3 nitrogen and oxygen atoms in total. The first-order chi connectivity index (χ1) is 6.36. The first kappa shape index (κ1) is 6.60. The van der Waals surface area contributed by atoms with Crippen LogP contribution in [-0.2, 0) is 0 Å². The lowest BCUT2D eigenvalue weighted by Crippen LogP contribution is -1.68. The summed E-state index contributed by atoms with van der Waals surface area (Å²) < 4.78 is 10.5. The summed E-state index contributed by atoms with van der Waals surface area (Å²) >= 11 is 0. The number of phenolic OH excluding ortho intramolecular Hbond substituents is 1. The summed E-state index contributed by atoms with van der Waals surface area (Å²) in [5.41, 5.74) is 1.28. The van der Waals surface area contributed by atoms with Gasteiger partial charge in [0.05, 0.1) is 17.9 Å². The molecule has 0 aliphatic rings. The highest BCUT2D eigenvalue weighted by molar-refractivity contribution is 6.03. The third-order valence-corrected chi connectivity index (χ3v) is 2.14. The number of furan rings is 2. The number of fused-ring (bicyclic) bond motifs is 3. The number of rotatable bonds is 0. The first-order valence-electron chi connectivity index (χ1n) is 3.92. The van der Waals surface area contributed by atoms with Gasteiger partial charge in [0.15, 0.2) is 11.2 Å². The molecular weight excluding hydrogens is 168 g/mol. The molecule has 0 bridgehead atoms. The predicted octanol–water partition coefficient (Wildman–Crippen LogP) is 2.88. The largest absolute Gasteiger partial charge is 0.507 e. The van der Waals surface area contributed by atoms with Crippen molar-refractivity contribution in [1.29, 1.82) is 0 Å². The van der Waals surface area contributed by atoms with E-state index in [1.807, 2.05) is 0 Å². The maximum Gasteiger partial charge on any atom is 0.180 e. The minimum absolute atomic E-state index is 0.220. The van der Waals surface area contributed by atoms with Gasteiger partial charge in [-0.05, 0) is 18.2 Å². The average molecular weight is 174 g/mol. The van der Waals surface area contributed by atoms with Gasteiger partial charge in [0, 0.05) is 5.39 Å². The Morgan fingerprint density at radius 3 is 2.69 bits per heavy atom. The third kappa shape index (κ3) is 0.731. The fraction of sp³-hybridized carbons (Fsp3) is 0. The topological polar surface area (TPSA) is 46.5 Å². The number of benzene rings is 1. The molecule has 1 N–H and O–H groups in total. The molecule has 0 aliphatic carbocycles. The van der Waals surface area contributed by atoms with Crippen LogP contribution in [0.2, 0.25) is 0 Å². The second-order valence-corrected chi connectivity index (χ2v) is 2.90. The molecule has 3 aromatic rings. The molecule has 0 amide bonds. The molecule has 0 fully saturated rings. The van der Waals surface area contributed by atoms with E-state index in [9.17, 15) is 5.11 Å². The maximum absolute atomic E-state index is 9.57. The lowest BCUT2D eigenvalue weighted by atomic mass is 10.2. The van der Waals surface area contributed by atoms with E-state index < -0.39 is 0 Å². The summed E-state index contributed by atoms with van der Waals surface area (Å²) in [5.74, 6) is 0.220. The Kier molecular flexibility index (Phi) is 1.05. The van der Waals surface area contributed by atoms with Crippen LogP contribution in [0.3, 0.4) is 0 Å². The molecule has 0 spiro atoms. The van der Waals surface area contributed by atoms with Crippen molar-refractivity contribution >= 4 is 21.9 Å². The monoisotopic (exact) mass is 174 g/mol. The highest BCUT2D eigenvalue weighted by atomic mass is 16.4. The van der Waals surface area contributed by atoms with Gasteiger partial charge in [-0.1, -0.05) is 0 Å². The highest BCUT2D eigenvalue weighted by Crippen LogP contribution is 2.33. The molecule has 2 heterocycles. The van der Waals surface area contributed by atoms with Gasteiger partial charge in [-0.25, -0.2) is 0 Å². The fourth-order valence-electron chi connectivity index (χ4n) is 1.53. The van der Waals surface area contributed by atoms with Crippen molar-refractivity contribution in [2.75, 3.05) is 0 Å². The second-order valence-electron chi connectivity index (χ2n) is 2.90. The van der Waals surface area contributed by atoms with Crippen LogP contribution in [0.4, 0.5) is 0 Å². The molecule has 3 heteroatoms. The SMILES string of the molecule is Oc1cc2ccoc2c2occc12. The van der Waals surface area contributed by atoms with Gasteiger partial charge in [0.2, 0.25) is 0 Å². The van der Waals surface area contributed by atoms with E-state index in [0.29, 0.717) is 16.6 Å².